The molecule has 1 unspecified atom stereocenters. The Morgan fingerprint density at radius 2 is 2.00 bits per heavy atom. The van der Waals surface area contributed by atoms with Gasteiger partial charge in [-0.2, -0.15) is 0 Å². The average molecular weight is 187 g/mol. The first-order valence-corrected chi connectivity index (χ1v) is 6.03. The van der Waals surface area contributed by atoms with Gasteiger partial charge in [0.25, 0.3) is 0 Å². The fourth-order valence-electron chi connectivity index (χ4n) is 1.74. The Hall–Kier alpha value is 0.310. The van der Waals surface area contributed by atoms with E-state index in [0.717, 1.165) is 5.92 Å². The molecular formula is C10H21NS. The molecule has 0 aromatic rings. The molecule has 12 heavy (non-hydrogen) atoms. The topological polar surface area (TPSA) is 12.0 Å². The van der Waals surface area contributed by atoms with Crippen LogP contribution < -0.4 is 5.32 Å². The Morgan fingerprint density at radius 1 is 1.42 bits per heavy atom. The normalized spacial score (nSPS) is 28.2. The maximum Gasteiger partial charge on any atom is 0.0565 e. The molecule has 1 N–H and O–H groups in total. The summed E-state index contributed by atoms with van der Waals surface area (Å²) in [5.41, 5.74) is 0.359. The lowest BCUT2D eigenvalue weighted by Gasteiger charge is -2.24. The van der Waals surface area contributed by atoms with Crippen LogP contribution in [0.2, 0.25) is 0 Å². The Balaban J connectivity index is 2.45. The van der Waals surface area contributed by atoms with E-state index in [2.05, 4.69) is 44.8 Å². The maximum atomic E-state index is 3.70. The van der Waals surface area contributed by atoms with Crippen LogP contribution in [0.1, 0.15) is 40.5 Å². The van der Waals surface area contributed by atoms with Gasteiger partial charge in [-0.15, -0.1) is 11.8 Å². The molecule has 2 heteroatoms. The van der Waals surface area contributed by atoms with Crippen LogP contribution >= 0.6 is 11.8 Å². The van der Waals surface area contributed by atoms with Crippen LogP contribution in [0.4, 0.5) is 0 Å². The van der Waals surface area contributed by atoms with Crippen molar-refractivity contribution < 1.29 is 0 Å². The van der Waals surface area contributed by atoms with Gasteiger partial charge in [0.1, 0.15) is 0 Å². The molecular weight excluding hydrogens is 166 g/mol. The third-order valence-electron chi connectivity index (χ3n) is 2.63. The largest absolute Gasteiger partial charge is 0.299 e. The molecule has 0 aromatic heterocycles. The van der Waals surface area contributed by atoms with Crippen molar-refractivity contribution in [2.75, 3.05) is 5.75 Å². The van der Waals surface area contributed by atoms with E-state index in [1.807, 2.05) is 0 Å². The van der Waals surface area contributed by atoms with Crippen molar-refractivity contribution in [3.05, 3.63) is 0 Å². The number of hydrogen-bond donors (Lipinski definition) is 1. The molecule has 1 rings (SSSR count). The second-order valence-electron chi connectivity index (χ2n) is 4.34. The van der Waals surface area contributed by atoms with Gasteiger partial charge >= 0.3 is 0 Å². The highest BCUT2D eigenvalue weighted by atomic mass is 32.2. The smallest absolute Gasteiger partial charge is 0.0565 e. The number of hydrogen-bond acceptors (Lipinski definition) is 2. The van der Waals surface area contributed by atoms with Crippen LogP contribution in [0.25, 0.3) is 0 Å². The van der Waals surface area contributed by atoms with Gasteiger partial charge in [0, 0.05) is 11.3 Å². The van der Waals surface area contributed by atoms with Crippen molar-refractivity contribution in [1.29, 1.82) is 0 Å². The SMILES string of the molecule is CCC(CC)C1NC(C)(C)CS1. The molecule has 1 fully saturated rings. The summed E-state index contributed by atoms with van der Waals surface area (Å²) in [5.74, 6) is 2.12. The van der Waals surface area contributed by atoms with Crippen molar-refractivity contribution in [2.24, 2.45) is 5.92 Å². The van der Waals surface area contributed by atoms with E-state index in [1.54, 1.807) is 0 Å². The Bertz CT molecular complexity index is 141. The van der Waals surface area contributed by atoms with E-state index in [4.69, 9.17) is 0 Å². The minimum Gasteiger partial charge on any atom is -0.299 e. The van der Waals surface area contributed by atoms with Crippen molar-refractivity contribution in [1.82, 2.24) is 5.32 Å². The van der Waals surface area contributed by atoms with Gasteiger partial charge in [0.05, 0.1) is 5.37 Å². The average Bonchev–Trinajstić information content (AvgIpc) is 2.34. The second kappa shape index (κ2) is 4.01. The summed E-state index contributed by atoms with van der Waals surface area (Å²) in [6.07, 6.45) is 2.61. The van der Waals surface area contributed by atoms with Crippen molar-refractivity contribution in [3.63, 3.8) is 0 Å². The molecule has 1 nitrogen and oxygen atoms in total. The van der Waals surface area contributed by atoms with Gasteiger partial charge in [-0.25, -0.2) is 0 Å². The van der Waals surface area contributed by atoms with Gasteiger partial charge in [0.2, 0.25) is 0 Å². The third kappa shape index (κ3) is 2.40. The Morgan fingerprint density at radius 3 is 2.33 bits per heavy atom. The summed E-state index contributed by atoms with van der Waals surface area (Å²) in [7, 11) is 0. The fraction of sp³-hybridized carbons (Fsp3) is 1.00. The molecule has 1 atom stereocenters. The summed E-state index contributed by atoms with van der Waals surface area (Å²) in [6.45, 7) is 9.17. The molecule has 0 bridgehead atoms. The summed E-state index contributed by atoms with van der Waals surface area (Å²) in [6, 6.07) is 0. The van der Waals surface area contributed by atoms with Gasteiger partial charge in [-0.1, -0.05) is 26.7 Å². The van der Waals surface area contributed by atoms with Gasteiger partial charge in [0.15, 0.2) is 0 Å². The Labute approximate surface area is 80.7 Å². The highest BCUT2D eigenvalue weighted by Crippen LogP contribution is 2.33. The fourth-order valence-corrected chi connectivity index (χ4v) is 3.48. The van der Waals surface area contributed by atoms with E-state index in [0.29, 0.717) is 10.9 Å². The monoisotopic (exact) mass is 187 g/mol. The summed E-state index contributed by atoms with van der Waals surface area (Å²) in [4.78, 5) is 0. The molecule has 0 radical (unpaired) electrons. The van der Waals surface area contributed by atoms with E-state index in [9.17, 15) is 0 Å². The lowest BCUT2D eigenvalue weighted by molar-refractivity contribution is 0.360. The molecule has 0 spiro atoms. The minimum absolute atomic E-state index is 0.359. The van der Waals surface area contributed by atoms with Crippen LogP contribution in [-0.4, -0.2) is 16.7 Å². The van der Waals surface area contributed by atoms with E-state index >= 15 is 0 Å². The summed E-state index contributed by atoms with van der Waals surface area (Å²) < 4.78 is 0. The van der Waals surface area contributed by atoms with Gasteiger partial charge < -0.3 is 0 Å². The van der Waals surface area contributed by atoms with Gasteiger partial charge in [-0.3, -0.25) is 5.32 Å². The van der Waals surface area contributed by atoms with E-state index in [-0.39, 0.29) is 0 Å². The number of rotatable bonds is 3. The molecule has 0 saturated carbocycles. The zero-order chi connectivity index (χ0) is 9.19. The van der Waals surface area contributed by atoms with Crippen LogP contribution in [0.5, 0.6) is 0 Å². The lowest BCUT2D eigenvalue weighted by Crippen LogP contribution is -2.41. The molecule has 1 aliphatic heterocycles. The van der Waals surface area contributed by atoms with E-state index < -0.39 is 0 Å². The second-order valence-corrected chi connectivity index (χ2v) is 5.47. The molecule has 0 aliphatic carbocycles. The summed E-state index contributed by atoms with van der Waals surface area (Å²) >= 11 is 2.10. The predicted molar refractivity (Wildman–Crippen MR) is 57.5 cm³/mol. The molecule has 72 valence electrons. The first-order valence-electron chi connectivity index (χ1n) is 4.98. The quantitative estimate of drug-likeness (QED) is 0.729. The Kier molecular flexibility index (Phi) is 3.47. The lowest BCUT2D eigenvalue weighted by atomic mass is 10.0. The first-order chi connectivity index (χ1) is 5.59. The van der Waals surface area contributed by atoms with Crippen molar-refractivity contribution >= 4 is 11.8 Å². The van der Waals surface area contributed by atoms with Crippen LogP contribution in [0, 0.1) is 5.92 Å². The predicted octanol–water partition coefficient (Wildman–Crippen LogP) is 2.86. The highest BCUT2D eigenvalue weighted by molar-refractivity contribution is 8.00. The van der Waals surface area contributed by atoms with Crippen molar-refractivity contribution in [2.45, 2.75) is 51.4 Å². The molecule has 0 aromatic carbocycles. The minimum atomic E-state index is 0.359. The third-order valence-corrected chi connectivity index (χ3v) is 4.38. The van der Waals surface area contributed by atoms with Gasteiger partial charge in [-0.05, 0) is 19.8 Å². The van der Waals surface area contributed by atoms with Crippen molar-refractivity contribution in [3.8, 4) is 0 Å². The van der Waals surface area contributed by atoms with Crippen LogP contribution in [-0.2, 0) is 0 Å². The standard InChI is InChI=1S/C10H21NS/c1-5-8(6-2)9-11-10(3,4)7-12-9/h8-9,11H,5-7H2,1-4H3. The van der Waals surface area contributed by atoms with E-state index in [1.165, 1.54) is 18.6 Å². The number of nitrogens with one attached hydrogen (secondary N) is 1. The zero-order valence-electron chi connectivity index (χ0n) is 8.68. The molecule has 1 aliphatic rings. The maximum absolute atomic E-state index is 3.70. The first kappa shape index (κ1) is 10.4. The molecule has 1 saturated heterocycles. The molecule has 0 amide bonds. The number of thioether (sulfide) groups is 1. The highest BCUT2D eigenvalue weighted by Gasteiger charge is 2.33. The molecule has 1 heterocycles. The van der Waals surface area contributed by atoms with Crippen LogP contribution in [0.3, 0.4) is 0 Å². The van der Waals surface area contributed by atoms with Crippen LogP contribution in [0.15, 0.2) is 0 Å². The summed E-state index contributed by atoms with van der Waals surface area (Å²) in [5, 5.41) is 4.40. The zero-order valence-corrected chi connectivity index (χ0v) is 9.50.